The van der Waals surface area contributed by atoms with Crippen LogP contribution in [0, 0.1) is 0 Å². The van der Waals surface area contributed by atoms with Crippen molar-refractivity contribution in [1.29, 1.82) is 0 Å². The molecule has 1 aromatic heterocycles. The lowest BCUT2D eigenvalue weighted by Gasteiger charge is -2.19. The molecular formula is C9H14BrN3O2. The Morgan fingerprint density at radius 1 is 1.67 bits per heavy atom. The Morgan fingerprint density at radius 2 is 2.40 bits per heavy atom. The van der Waals surface area contributed by atoms with Crippen LogP contribution in [0.1, 0.15) is 25.0 Å². The fourth-order valence-electron chi connectivity index (χ4n) is 1.63. The summed E-state index contributed by atoms with van der Waals surface area (Å²) >= 11 is 3.32. The second-order valence-corrected chi connectivity index (χ2v) is 4.49. The summed E-state index contributed by atoms with van der Waals surface area (Å²) in [6.07, 6.45) is 0.190. The Morgan fingerprint density at radius 3 is 3.07 bits per heavy atom. The summed E-state index contributed by atoms with van der Waals surface area (Å²) in [4.78, 5) is 0. The second-order valence-electron chi connectivity index (χ2n) is 3.74. The zero-order valence-electron chi connectivity index (χ0n) is 8.48. The molecule has 0 saturated heterocycles. The number of ether oxygens (including phenoxy) is 1. The molecule has 84 valence electrons. The zero-order valence-corrected chi connectivity index (χ0v) is 10.1. The van der Waals surface area contributed by atoms with Gasteiger partial charge in [0.25, 0.3) is 0 Å². The first-order chi connectivity index (χ1) is 7.11. The van der Waals surface area contributed by atoms with E-state index in [1.165, 1.54) is 0 Å². The minimum atomic E-state index is -0.749. The molecule has 0 bridgehead atoms. The monoisotopic (exact) mass is 275 g/mol. The first-order valence-electron chi connectivity index (χ1n) is 4.94. The lowest BCUT2D eigenvalue weighted by molar-refractivity contribution is 0.142. The van der Waals surface area contributed by atoms with Crippen molar-refractivity contribution in [3.8, 4) is 5.88 Å². The van der Waals surface area contributed by atoms with Gasteiger partial charge in [0, 0.05) is 19.0 Å². The maximum absolute atomic E-state index is 9.94. The summed E-state index contributed by atoms with van der Waals surface area (Å²) < 4.78 is 7.88. The summed E-state index contributed by atoms with van der Waals surface area (Å²) in [5, 5.41) is 14.2. The quantitative estimate of drug-likeness (QED) is 0.838. The van der Waals surface area contributed by atoms with E-state index in [0.29, 0.717) is 22.7 Å². The molecule has 0 fully saturated rings. The van der Waals surface area contributed by atoms with Gasteiger partial charge in [0.2, 0.25) is 5.88 Å². The van der Waals surface area contributed by atoms with Gasteiger partial charge in [-0.1, -0.05) is 0 Å². The van der Waals surface area contributed by atoms with Crippen LogP contribution in [-0.2, 0) is 6.54 Å². The summed E-state index contributed by atoms with van der Waals surface area (Å²) in [5.74, 6) is 0.637. The van der Waals surface area contributed by atoms with Crippen molar-refractivity contribution in [2.24, 2.45) is 5.73 Å². The van der Waals surface area contributed by atoms with Crippen LogP contribution in [-0.4, -0.2) is 27.5 Å². The van der Waals surface area contributed by atoms with Gasteiger partial charge in [-0.15, -0.1) is 0 Å². The Hall–Kier alpha value is -0.590. The van der Waals surface area contributed by atoms with E-state index in [-0.39, 0.29) is 6.04 Å². The minimum Gasteiger partial charge on any atom is -0.477 e. The third kappa shape index (κ3) is 1.89. The van der Waals surface area contributed by atoms with Gasteiger partial charge in [-0.2, -0.15) is 5.10 Å². The minimum absolute atomic E-state index is 0.347. The summed E-state index contributed by atoms with van der Waals surface area (Å²) in [7, 11) is 0. The van der Waals surface area contributed by atoms with Crippen LogP contribution in [0.15, 0.2) is 4.60 Å². The molecule has 0 aliphatic carbocycles. The summed E-state index contributed by atoms with van der Waals surface area (Å²) in [5.41, 5.74) is 6.32. The van der Waals surface area contributed by atoms with Gasteiger partial charge in [-0.3, -0.25) is 0 Å². The molecule has 0 saturated carbocycles. The highest BCUT2D eigenvalue weighted by Crippen LogP contribution is 2.35. The molecule has 1 aliphatic rings. The van der Waals surface area contributed by atoms with Crippen LogP contribution < -0.4 is 10.5 Å². The first-order valence-corrected chi connectivity index (χ1v) is 5.73. The third-order valence-corrected chi connectivity index (χ3v) is 3.03. The van der Waals surface area contributed by atoms with E-state index in [4.69, 9.17) is 10.5 Å². The van der Waals surface area contributed by atoms with E-state index < -0.39 is 6.10 Å². The van der Waals surface area contributed by atoms with Gasteiger partial charge in [-0.25, -0.2) is 4.68 Å². The largest absolute Gasteiger partial charge is 0.477 e. The van der Waals surface area contributed by atoms with Crippen molar-refractivity contribution >= 4 is 15.9 Å². The van der Waals surface area contributed by atoms with E-state index in [2.05, 4.69) is 21.0 Å². The maximum Gasteiger partial charge on any atom is 0.219 e. The molecule has 6 heteroatoms. The number of nitrogens with two attached hydrogens (primary N) is 1. The smallest absolute Gasteiger partial charge is 0.219 e. The van der Waals surface area contributed by atoms with E-state index in [9.17, 15) is 5.11 Å². The van der Waals surface area contributed by atoms with Crippen molar-refractivity contribution in [1.82, 2.24) is 9.78 Å². The fraction of sp³-hybridized carbons (Fsp3) is 0.667. The van der Waals surface area contributed by atoms with E-state index in [1.807, 2.05) is 0 Å². The van der Waals surface area contributed by atoms with Gasteiger partial charge in [0.15, 0.2) is 0 Å². The number of aliphatic hydroxyl groups is 1. The molecule has 2 heterocycles. The lowest BCUT2D eigenvalue weighted by Crippen LogP contribution is -2.25. The molecule has 2 rings (SSSR count). The zero-order chi connectivity index (χ0) is 11.0. The first kappa shape index (κ1) is 10.9. The molecule has 0 radical (unpaired) electrons. The van der Waals surface area contributed by atoms with Crippen LogP contribution in [0.3, 0.4) is 0 Å². The van der Waals surface area contributed by atoms with Gasteiger partial charge >= 0.3 is 0 Å². The van der Waals surface area contributed by atoms with Gasteiger partial charge < -0.3 is 15.6 Å². The lowest BCUT2D eigenvalue weighted by atomic mass is 10.1. The predicted octanol–water partition coefficient (Wildman–Crippen LogP) is 0.809. The van der Waals surface area contributed by atoms with E-state index in [0.717, 1.165) is 13.0 Å². The highest BCUT2D eigenvalue weighted by Gasteiger charge is 2.27. The molecule has 0 spiro atoms. The number of hydrogen-bond acceptors (Lipinski definition) is 4. The molecule has 3 N–H and O–H groups in total. The molecule has 2 unspecified atom stereocenters. The standard InChI is InChI=1S/C9H14BrN3O2/c1-5(11)7(14)6-8(10)12-13-3-2-4-15-9(6)13/h5,7,14H,2-4,11H2,1H3. The number of hydrogen-bond donors (Lipinski definition) is 2. The normalized spacial score (nSPS) is 19.2. The average Bonchev–Trinajstić information content (AvgIpc) is 2.52. The summed E-state index contributed by atoms with van der Waals surface area (Å²) in [6.45, 7) is 3.24. The molecular weight excluding hydrogens is 262 g/mol. The molecule has 5 nitrogen and oxygen atoms in total. The molecule has 15 heavy (non-hydrogen) atoms. The van der Waals surface area contributed by atoms with Gasteiger partial charge in [0.05, 0.1) is 12.2 Å². The van der Waals surface area contributed by atoms with Crippen molar-refractivity contribution < 1.29 is 9.84 Å². The number of nitrogens with zero attached hydrogens (tertiary/aromatic N) is 2. The van der Waals surface area contributed by atoms with Crippen LogP contribution in [0.4, 0.5) is 0 Å². The number of rotatable bonds is 2. The Labute approximate surface area is 96.3 Å². The maximum atomic E-state index is 9.94. The molecule has 2 atom stereocenters. The Balaban J connectivity index is 2.41. The van der Waals surface area contributed by atoms with Crippen LogP contribution >= 0.6 is 15.9 Å². The third-order valence-electron chi connectivity index (χ3n) is 2.44. The second kappa shape index (κ2) is 4.11. The van der Waals surface area contributed by atoms with Gasteiger partial charge in [0.1, 0.15) is 10.7 Å². The molecule has 0 amide bonds. The van der Waals surface area contributed by atoms with Crippen molar-refractivity contribution in [2.45, 2.75) is 32.0 Å². The SMILES string of the molecule is CC(N)C(O)c1c(Br)nn2c1OCCC2. The fourth-order valence-corrected chi connectivity index (χ4v) is 2.23. The van der Waals surface area contributed by atoms with E-state index >= 15 is 0 Å². The molecule has 0 aromatic carbocycles. The van der Waals surface area contributed by atoms with E-state index in [1.54, 1.807) is 11.6 Å². The number of fused-ring (bicyclic) bond motifs is 1. The Bertz CT molecular complexity index is 364. The number of halogens is 1. The van der Waals surface area contributed by atoms with Crippen molar-refractivity contribution in [2.75, 3.05) is 6.61 Å². The van der Waals surface area contributed by atoms with Crippen molar-refractivity contribution in [3.63, 3.8) is 0 Å². The summed E-state index contributed by atoms with van der Waals surface area (Å²) in [6, 6.07) is -0.347. The number of aryl methyl sites for hydroxylation is 1. The van der Waals surface area contributed by atoms with Crippen molar-refractivity contribution in [3.05, 3.63) is 10.2 Å². The van der Waals surface area contributed by atoms with Crippen LogP contribution in [0.5, 0.6) is 5.88 Å². The number of aromatic nitrogens is 2. The predicted molar refractivity (Wildman–Crippen MR) is 58.6 cm³/mol. The van der Waals surface area contributed by atoms with Gasteiger partial charge in [-0.05, 0) is 22.9 Å². The molecule has 1 aliphatic heterocycles. The Kier molecular flexibility index (Phi) is 2.99. The average molecular weight is 276 g/mol. The highest BCUT2D eigenvalue weighted by atomic mass is 79.9. The highest BCUT2D eigenvalue weighted by molar-refractivity contribution is 9.10. The van der Waals surface area contributed by atoms with Crippen LogP contribution in [0.25, 0.3) is 0 Å². The number of aliphatic hydroxyl groups excluding tert-OH is 1. The molecule has 1 aromatic rings. The topological polar surface area (TPSA) is 73.3 Å². The van der Waals surface area contributed by atoms with Crippen LogP contribution in [0.2, 0.25) is 0 Å².